The van der Waals surface area contributed by atoms with Crippen LogP contribution in [0.5, 0.6) is 0 Å². The van der Waals surface area contributed by atoms with Gasteiger partial charge >= 0.3 is 0 Å². The second-order valence-corrected chi connectivity index (χ2v) is 9.56. The zero-order valence-electron chi connectivity index (χ0n) is 10.1. The molecule has 0 saturated carbocycles. The fourth-order valence-corrected chi connectivity index (χ4v) is 4.49. The van der Waals surface area contributed by atoms with Crippen molar-refractivity contribution in [3.05, 3.63) is 0 Å². The minimum atomic E-state index is -0.714. The van der Waals surface area contributed by atoms with E-state index in [9.17, 15) is 0 Å². The average Bonchev–Trinajstić information content (AvgIpc) is 1.97. The van der Waals surface area contributed by atoms with Gasteiger partial charge < -0.3 is 5.11 Å². The molecule has 0 spiro atoms. The Balaban J connectivity index is 4.27. The summed E-state index contributed by atoms with van der Waals surface area (Å²) in [7, 11) is -0.714. The summed E-state index contributed by atoms with van der Waals surface area (Å²) in [5.74, 6) is 0. The van der Waals surface area contributed by atoms with Gasteiger partial charge in [-0.1, -0.05) is 47.2 Å². The van der Waals surface area contributed by atoms with Crippen LogP contribution in [0, 0.1) is 5.41 Å². The highest BCUT2D eigenvalue weighted by molar-refractivity contribution is 6.60. The number of aliphatic hydroxyl groups excluding tert-OH is 1. The van der Waals surface area contributed by atoms with Crippen molar-refractivity contribution in [3.8, 4) is 0 Å². The van der Waals surface area contributed by atoms with Crippen LogP contribution >= 0.6 is 0 Å². The van der Waals surface area contributed by atoms with Gasteiger partial charge in [-0.3, -0.25) is 0 Å². The fraction of sp³-hybridized carbons (Fsp3) is 1.00. The quantitative estimate of drug-likeness (QED) is 0.695. The van der Waals surface area contributed by atoms with E-state index in [1.54, 1.807) is 0 Å². The molecule has 80 valence electrons. The molecule has 0 radical (unpaired) electrons. The van der Waals surface area contributed by atoms with Gasteiger partial charge in [0.25, 0.3) is 0 Å². The summed E-state index contributed by atoms with van der Waals surface area (Å²) in [5, 5.41) is 9.28. The van der Waals surface area contributed by atoms with Gasteiger partial charge in [0.05, 0.1) is 0 Å². The first kappa shape index (κ1) is 13.2. The first-order valence-electron chi connectivity index (χ1n) is 5.34. The van der Waals surface area contributed by atoms with Crippen LogP contribution in [0.4, 0.5) is 0 Å². The largest absolute Gasteiger partial charge is 0.396 e. The van der Waals surface area contributed by atoms with E-state index in [1.165, 1.54) is 6.04 Å². The predicted molar refractivity (Wildman–Crippen MR) is 63.0 cm³/mol. The van der Waals surface area contributed by atoms with Crippen LogP contribution < -0.4 is 0 Å². The topological polar surface area (TPSA) is 20.2 Å². The van der Waals surface area contributed by atoms with Crippen molar-refractivity contribution in [2.45, 2.75) is 58.7 Å². The Morgan fingerprint density at radius 3 is 1.85 bits per heavy atom. The second-order valence-electron chi connectivity index (χ2n) is 5.74. The standard InChI is InChI=1S/C11H26OSi/c1-10(2,3)11(4,5)13(6)9-7-8-12/h12-13H,7-9H2,1-6H3. The fourth-order valence-electron chi connectivity index (χ4n) is 1.50. The van der Waals surface area contributed by atoms with Crippen LogP contribution in [0.2, 0.25) is 17.6 Å². The summed E-state index contributed by atoms with van der Waals surface area (Å²) in [6.45, 7) is 14.6. The zero-order chi connectivity index (χ0) is 10.7. The molecule has 1 N–H and O–H groups in total. The highest BCUT2D eigenvalue weighted by Gasteiger charge is 2.37. The van der Waals surface area contributed by atoms with Crippen molar-refractivity contribution in [2.75, 3.05) is 6.61 Å². The molecule has 1 nitrogen and oxygen atoms in total. The number of rotatable bonds is 4. The van der Waals surface area contributed by atoms with Gasteiger partial charge in [0.15, 0.2) is 0 Å². The van der Waals surface area contributed by atoms with E-state index in [0.29, 0.717) is 17.1 Å². The first-order valence-corrected chi connectivity index (χ1v) is 7.89. The summed E-state index contributed by atoms with van der Waals surface area (Å²) in [4.78, 5) is 0. The van der Waals surface area contributed by atoms with E-state index in [2.05, 4.69) is 41.2 Å². The Morgan fingerprint density at radius 2 is 1.54 bits per heavy atom. The van der Waals surface area contributed by atoms with Gasteiger partial charge in [-0.05, 0) is 16.9 Å². The molecule has 0 aromatic heterocycles. The van der Waals surface area contributed by atoms with Crippen molar-refractivity contribution in [1.82, 2.24) is 0 Å². The van der Waals surface area contributed by atoms with Gasteiger partial charge in [0.2, 0.25) is 0 Å². The molecule has 0 fully saturated rings. The molecular weight excluding hydrogens is 176 g/mol. The van der Waals surface area contributed by atoms with Crippen molar-refractivity contribution >= 4 is 8.80 Å². The minimum Gasteiger partial charge on any atom is -0.396 e. The van der Waals surface area contributed by atoms with Gasteiger partial charge in [0, 0.05) is 15.4 Å². The predicted octanol–water partition coefficient (Wildman–Crippen LogP) is 3.05. The summed E-state index contributed by atoms with van der Waals surface area (Å²) in [5.41, 5.74) is 0.397. The highest BCUT2D eigenvalue weighted by Crippen LogP contribution is 2.48. The molecule has 0 rings (SSSR count). The molecule has 0 saturated heterocycles. The monoisotopic (exact) mass is 202 g/mol. The lowest BCUT2D eigenvalue weighted by molar-refractivity contribution is 0.283. The molecule has 0 aromatic rings. The third-order valence-corrected chi connectivity index (χ3v) is 8.56. The lowest BCUT2D eigenvalue weighted by atomic mass is 9.82. The van der Waals surface area contributed by atoms with Crippen molar-refractivity contribution in [1.29, 1.82) is 0 Å². The molecule has 13 heavy (non-hydrogen) atoms. The Labute approximate surface area is 85.2 Å². The maximum Gasteiger partial charge on any atom is 0.0428 e. The minimum absolute atomic E-state index is 0.359. The summed E-state index contributed by atoms with van der Waals surface area (Å²) in [6.07, 6.45) is 0.993. The third kappa shape index (κ3) is 3.43. The molecule has 0 bridgehead atoms. The van der Waals surface area contributed by atoms with E-state index >= 15 is 0 Å². The van der Waals surface area contributed by atoms with Crippen molar-refractivity contribution in [2.24, 2.45) is 5.41 Å². The SMILES string of the molecule is C[SiH](CCCO)C(C)(C)C(C)(C)C. The maximum atomic E-state index is 8.81. The first-order chi connectivity index (χ1) is 5.73. The van der Waals surface area contributed by atoms with Crippen LogP contribution in [-0.4, -0.2) is 20.5 Å². The number of hydrogen-bond acceptors (Lipinski definition) is 1. The van der Waals surface area contributed by atoms with Gasteiger partial charge in [-0.25, -0.2) is 0 Å². The van der Waals surface area contributed by atoms with Crippen LogP contribution in [-0.2, 0) is 0 Å². The van der Waals surface area contributed by atoms with Crippen LogP contribution in [0.15, 0.2) is 0 Å². The lowest BCUT2D eigenvalue weighted by Gasteiger charge is -2.43. The maximum absolute atomic E-state index is 8.81. The van der Waals surface area contributed by atoms with Crippen LogP contribution in [0.3, 0.4) is 0 Å². The molecule has 0 aliphatic rings. The third-order valence-electron chi connectivity index (χ3n) is 3.96. The number of hydrogen-bond donors (Lipinski definition) is 1. The molecule has 1 unspecified atom stereocenters. The molecule has 0 aromatic carbocycles. The molecule has 0 heterocycles. The smallest absolute Gasteiger partial charge is 0.0428 e. The van der Waals surface area contributed by atoms with Crippen molar-refractivity contribution < 1.29 is 5.11 Å². The Morgan fingerprint density at radius 1 is 1.08 bits per heavy atom. The van der Waals surface area contributed by atoms with Gasteiger partial charge in [-0.2, -0.15) is 0 Å². The molecular formula is C11H26OSi. The van der Waals surface area contributed by atoms with Gasteiger partial charge in [-0.15, -0.1) is 0 Å². The molecule has 0 aliphatic carbocycles. The van der Waals surface area contributed by atoms with Crippen LogP contribution in [0.25, 0.3) is 0 Å². The average molecular weight is 202 g/mol. The normalized spacial score (nSPS) is 15.9. The van der Waals surface area contributed by atoms with Crippen molar-refractivity contribution in [3.63, 3.8) is 0 Å². The van der Waals surface area contributed by atoms with Crippen LogP contribution in [0.1, 0.15) is 41.0 Å². The summed E-state index contributed by atoms with van der Waals surface area (Å²) < 4.78 is 0. The summed E-state index contributed by atoms with van der Waals surface area (Å²) >= 11 is 0. The molecule has 0 amide bonds. The Bertz CT molecular complexity index is 147. The molecule has 1 atom stereocenters. The number of aliphatic hydroxyl groups is 1. The van der Waals surface area contributed by atoms with E-state index < -0.39 is 8.80 Å². The lowest BCUT2D eigenvalue weighted by Crippen LogP contribution is -2.36. The van der Waals surface area contributed by atoms with E-state index in [1.807, 2.05) is 0 Å². The Hall–Kier alpha value is 0.177. The van der Waals surface area contributed by atoms with E-state index in [0.717, 1.165) is 6.42 Å². The molecule has 2 heteroatoms. The zero-order valence-corrected chi connectivity index (χ0v) is 11.3. The van der Waals surface area contributed by atoms with Gasteiger partial charge in [0.1, 0.15) is 0 Å². The highest BCUT2D eigenvalue weighted by atomic mass is 28.3. The second kappa shape index (κ2) is 4.60. The van der Waals surface area contributed by atoms with E-state index in [4.69, 9.17) is 5.11 Å². The molecule has 0 aliphatic heterocycles. The Kier molecular flexibility index (Phi) is 4.67. The summed E-state index contributed by atoms with van der Waals surface area (Å²) in [6, 6.07) is 1.26. The van der Waals surface area contributed by atoms with E-state index in [-0.39, 0.29) is 0 Å².